The number of fused-ring (bicyclic) bond motifs is 1. The number of hydrogen-bond acceptors (Lipinski definition) is 7. The fraction of sp³-hybridized carbons (Fsp3) is 0.312. The lowest BCUT2D eigenvalue weighted by Crippen LogP contribution is -2.37. The van der Waals surface area contributed by atoms with Crippen LogP contribution in [0.5, 0.6) is 0 Å². The van der Waals surface area contributed by atoms with Gasteiger partial charge in [-0.15, -0.1) is 23.1 Å². The molecule has 3 aromatic rings. The first-order chi connectivity index (χ1) is 12.4. The Hall–Kier alpha value is -2.46. The van der Waals surface area contributed by atoms with E-state index in [1.165, 1.54) is 34.7 Å². The molecule has 0 radical (unpaired) electrons. The van der Waals surface area contributed by atoms with Crippen molar-refractivity contribution in [1.82, 2.24) is 19.1 Å². The monoisotopic (exact) mass is 391 g/mol. The molecule has 3 rings (SSSR count). The summed E-state index contributed by atoms with van der Waals surface area (Å²) < 4.78 is 2.40. The molecular formula is C16H17N5O3S2. The summed E-state index contributed by atoms with van der Waals surface area (Å²) in [4.78, 5) is 46.0. The minimum Gasteiger partial charge on any atom is -0.301 e. The first-order valence-corrected chi connectivity index (χ1v) is 9.70. The van der Waals surface area contributed by atoms with Crippen molar-refractivity contribution in [1.29, 1.82) is 0 Å². The van der Waals surface area contributed by atoms with Gasteiger partial charge in [-0.3, -0.25) is 18.7 Å². The summed E-state index contributed by atoms with van der Waals surface area (Å²) in [5.41, 5.74) is 0.337. The van der Waals surface area contributed by atoms with Gasteiger partial charge >= 0.3 is 5.69 Å². The van der Waals surface area contributed by atoms with E-state index in [0.717, 1.165) is 10.1 Å². The third kappa shape index (κ3) is 3.29. The van der Waals surface area contributed by atoms with Crippen LogP contribution >= 0.6 is 23.1 Å². The Morgan fingerprint density at radius 2 is 2.04 bits per heavy atom. The molecule has 8 nitrogen and oxygen atoms in total. The van der Waals surface area contributed by atoms with Crippen LogP contribution in [0.3, 0.4) is 0 Å². The zero-order chi connectivity index (χ0) is 18.8. The Kier molecular flexibility index (Phi) is 5.23. The highest BCUT2D eigenvalue weighted by Gasteiger charge is 2.18. The van der Waals surface area contributed by atoms with Crippen molar-refractivity contribution >= 4 is 45.2 Å². The van der Waals surface area contributed by atoms with Gasteiger partial charge in [0.15, 0.2) is 5.13 Å². The van der Waals surface area contributed by atoms with Crippen LogP contribution < -0.4 is 16.6 Å². The van der Waals surface area contributed by atoms with E-state index < -0.39 is 11.2 Å². The molecule has 0 aliphatic carbocycles. The zero-order valence-electron chi connectivity index (χ0n) is 14.5. The Balaban J connectivity index is 2.02. The molecule has 0 atom stereocenters. The minimum atomic E-state index is -0.434. The molecule has 3 heterocycles. The first kappa shape index (κ1) is 18.3. The fourth-order valence-electron chi connectivity index (χ4n) is 2.54. The van der Waals surface area contributed by atoms with Crippen molar-refractivity contribution in [3.05, 3.63) is 44.2 Å². The molecule has 0 saturated heterocycles. The molecule has 0 aliphatic heterocycles. The van der Waals surface area contributed by atoms with Gasteiger partial charge in [0.2, 0.25) is 5.91 Å². The summed E-state index contributed by atoms with van der Waals surface area (Å²) in [7, 11) is 3.01. The Bertz CT molecular complexity index is 1090. The molecule has 0 bridgehead atoms. The number of anilines is 1. The van der Waals surface area contributed by atoms with E-state index in [0.29, 0.717) is 27.5 Å². The molecular weight excluding hydrogens is 374 g/mol. The minimum absolute atomic E-state index is 0.123. The third-order valence-electron chi connectivity index (χ3n) is 3.90. The Morgan fingerprint density at radius 3 is 2.69 bits per heavy atom. The largest absolute Gasteiger partial charge is 0.332 e. The standard InChI is InChI=1S/C16H17N5O3S2/c1-4-9-7-18-13-11(14(23)21(3)16(24)20(13)2)12(9)26-8-10(22)19-15-17-5-6-25-15/h5-7H,4,8H2,1-3H3,(H,17,19,22). The van der Waals surface area contributed by atoms with Gasteiger partial charge in [0.1, 0.15) is 5.65 Å². The number of nitrogens with zero attached hydrogens (tertiary/aromatic N) is 4. The second-order valence-electron chi connectivity index (χ2n) is 5.54. The summed E-state index contributed by atoms with van der Waals surface area (Å²) in [5.74, 6) is -0.0869. The predicted molar refractivity (Wildman–Crippen MR) is 103 cm³/mol. The van der Waals surface area contributed by atoms with Crippen molar-refractivity contribution in [3.8, 4) is 0 Å². The van der Waals surface area contributed by atoms with Gasteiger partial charge in [0, 0.05) is 36.8 Å². The van der Waals surface area contributed by atoms with Gasteiger partial charge < -0.3 is 5.32 Å². The van der Waals surface area contributed by atoms with Crippen LogP contribution in [-0.4, -0.2) is 30.8 Å². The third-order valence-corrected chi connectivity index (χ3v) is 5.75. The molecule has 26 heavy (non-hydrogen) atoms. The van der Waals surface area contributed by atoms with E-state index >= 15 is 0 Å². The highest BCUT2D eigenvalue weighted by Crippen LogP contribution is 2.28. The maximum Gasteiger partial charge on any atom is 0.332 e. The fourth-order valence-corrected chi connectivity index (χ4v) is 4.13. The number of thiazole rings is 1. The van der Waals surface area contributed by atoms with Gasteiger partial charge in [0.05, 0.1) is 11.1 Å². The van der Waals surface area contributed by atoms with Crippen molar-refractivity contribution in [2.75, 3.05) is 11.1 Å². The lowest BCUT2D eigenvalue weighted by Gasteiger charge is -2.13. The van der Waals surface area contributed by atoms with Crippen molar-refractivity contribution in [2.24, 2.45) is 14.1 Å². The maximum atomic E-state index is 12.7. The van der Waals surface area contributed by atoms with Crippen LogP contribution in [0.4, 0.5) is 5.13 Å². The lowest BCUT2D eigenvalue weighted by atomic mass is 10.2. The number of nitrogens with one attached hydrogen (secondary N) is 1. The van der Waals surface area contributed by atoms with Gasteiger partial charge in [-0.2, -0.15) is 0 Å². The number of carbonyl (C=O) groups excluding carboxylic acids is 1. The van der Waals surface area contributed by atoms with Crippen molar-refractivity contribution in [3.63, 3.8) is 0 Å². The molecule has 10 heteroatoms. The van der Waals surface area contributed by atoms with Crippen LogP contribution in [0, 0.1) is 0 Å². The zero-order valence-corrected chi connectivity index (χ0v) is 16.1. The summed E-state index contributed by atoms with van der Waals surface area (Å²) in [5, 5.41) is 5.39. The number of carbonyl (C=O) groups is 1. The van der Waals surface area contributed by atoms with E-state index in [2.05, 4.69) is 15.3 Å². The van der Waals surface area contributed by atoms with Gasteiger partial charge in [0.25, 0.3) is 5.56 Å². The number of amides is 1. The SMILES string of the molecule is CCc1cnc2c(c1SCC(=O)Nc1nccs1)c(=O)n(C)c(=O)n2C. The van der Waals surface area contributed by atoms with E-state index in [4.69, 9.17) is 0 Å². The molecule has 0 saturated carbocycles. The number of aryl methyl sites for hydroxylation is 2. The molecule has 0 aromatic carbocycles. The van der Waals surface area contributed by atoms with Crippen LogP contribution in [0.15, 0.2) is 32.3 Å². The number of aromatic nitrogens is 4. The molecule has 1 amide bonds. The molecule has 0 fully saturated rings. The molecule has 0 aliphatic rings. The molecule has 0 spiro atoms. The Labute approximate surface area is 156 Å². The van der Waals surface area contributed by atoms with Crippen LogP contribution in [0.2, 0.25) is 0 Å². The van der Waals surface area contributed by atoms with Crippen LogP contribution in [-0.2, 0) is 25.3 Å². The molecule has 136 valence electrons. The highest BCUT2D eigenvalue weighted by molar-refractivity contribution is 8.00. The summed E-state index contributed by atoms with van der Waals surface area (Å²) in [6.07, 6.45) is 3.93. The van der Waals surface area contributed by atoms with E-state index in [-0.39, 0.29) is 11.7 Å². The number of pyridine rings is 1. The Morgan fingerprint density at radius 1 is 1.27 bits per heavy atom. The normalized spacial score (nSPS) is 11.0. The van der Waals surface area contributed by atoms with Gasteiger partial charge in [-0.1, -0.05) is 6.92 Å². The topological polar surface area (TPSA) is 98.9 Å². The summed E-state index contributed by atoms with van der Waals surface area (Å²) in [6.45, 7) is 1.95. The summed E-state index contributed by atoms with van der Waals surface area (Å²) >= 11 is 2.60. The van der Waals surface area contributed by atoms with E-state index in [9.17, 15) is 14.4 Å². The van der Waals surface area contributed by atoms with E-state index in [1.54, 1.807) is 24.8 Å². The maximum absolute atomic E-state index is 12.7. The van der Waals surface area contributed by atoms with Gasteiger partial charge in [-0.05, 0) is 12.0 Å². The lowest BCUT2D eigenvalue weighted by molar-refractivity contribution is -0.113. The second-order valence-corrected chi connectivity index (χ2v) is 7.42. The molecule has 0 unspecified atom stereocenters. The summed E-state index contributed by atoms with van der Waals surface area (Å²) in [6, 6.07) is 0. The number of hydrogen-bond donors (Lipinski definition) is 1. The average molecular weight is 391 g/mol. The molecule has 1 N–H and O–H groups in total. The van der Waals surface area contributed by atoms with Crippen LogP contribution in [0.1, 0.15) is 12.5 Å². The number of thioether (sulfide) groups is 1. The van der Waals surface area contributed by atoms with Crippen molar-refractivity contribution < 1.29 is 4.79 Å². The second kappa shape index (κ2) is 7.42. The number of rotatable bonds is 5. The van der Waals surface area contributed by atoms with Gasteiger partial charge in [-0.25, -0.2) is 14.8 Å². The molecule has 3 aromatic heterocycles. The van der Waals surface area contributed by atoms with E-state index in [1.807, 2.05) is 6.92 Å². The van der Waals surface area contributed by atoms with Crippen molar-refractivity contribution in [2.45, 2.75) is 18.2 Å². The first-order valence-electron chi connectivity index (χ1n) is 7.83. The highest BCUT2D eigenvalue weighted by atomic mass is 32.2. The predicted octanol–water partition coefficient (Wildman–Crippen LogP) is 1.38. The smallest absolute Gasteiger partial charge is 0.301 e. The average Bonchev–Trinajstić information content (AvgIpc) is 3.14. The van der Waals surface area contributed by atoms with Crippen LogP contribution in [0.25, 0.3) is 11.0 Å². The quantitative estimate of drug-likeness (QED) is 0.660.